The molecule has 0 bridgehead atoms. The van der Waals surface area contributed by atoms with Gasteiger partial charge in [0.25, 0.3) is 5.92 Å². The second kappa shape index (κ2) is 11.2. The Hall–Kier alpha value is -2.83. The first kappa shape index (κ1) is 28.7. The molecule has 1 aromatic heterocycles. The number of pyridine rings is 1. The van der Waals surface area contributed by atoms with Gasteiger partial charge in [-0.3, -0.25) is 9.59 Å². The van der Waals surface area contributed by atoms with Crippen LogP contribution in [0.25, 0.3) is 0 Å². The Balaban J connectivity index is 1.25. The molecule has 13 heteroatoms. The van der Waals surface area contributed by atoms with Gasteiger partial charge >= 0.3 is 5.97 Å². The van der Waals surface area contributed by atoms with Crippen LogP contribution in [-0.2, 0) is 25.5 Å². The number of aliphatic carboxylic acids is 1. The van der Waals surface area contributed by atoms with Crippen molar-refractivity contribution in [3.05, 3.63) is 47.1 Å². The van der Waals surface area contributed by atoms with Crippen LogP contribution in [0.3, 0.4) is 0 Å². The Labute approximate surface area is 236 Å². The third-order valence-corrected chi connectivity index (χ3v) is 10.3. The largest absolute Gasteiger partial charge is 0.481 e. The summed E-state index contributed by atoms with van der Waals surface area (Å²) in [5.41, 5.74) is 0.397. The van der Waals surface area contributed by atoms with Gasteiger partial charge in [0.2, 0.25) is 15.9 Å². The number of sulfonamides is 1. The van der Waals surface area contributed by atoms with Crippen molar-refractivity contribution in [3.8, 4) is 0 Å². The lowest BCUT2D eigenvalue weighted by Gasteiger charge is -2.36. The fourth-order valence-corrected chi connectivity index (χ4v) is 7.43. The quantitative estimate of drug-likeness (QED) is 0.473. The van der Waals surface area contributed by atoms with Crippen molar-refractivity contribution >= 4 is 45.0 Å². The summed E-state index contributed by atoms with van der Waals surface area (Å²) in [5.74, 6) is -5.48. The SMILES string of the molecule is O=C1CCCN1c1ccc(S(=O)(=O)N2CCN(c3cc(C(F)(F)[C@H]4CC[C@@H](C(=O)O)CC4)cc(Cl)n3)CC2)cc1. The van der Waals surface area contributed by atoms with Crippen molar-refractivity contribution in [2.24, 2.45) is 11.8 Å². The van der Waals surface area contributed by atoms with E-state index in [1.807, 2.05) is 0 Å². The van der Waals surface area contributed by atoms with Crippen LogP contribution in [0.15, 0.2) is 41.3 Å². The lowest BCUT2D eigenvalue weighted by Crippen LogP contribution is -2.49. The predicted molar refractivity (Wildman–Crippen MR) is 145 cm³/mol. The Morgan fingerprint density at radius 2 is 1.65 bits per heavy atom. The van der Waals surface area contributed by atoms with E-state index in [-0.39, 0.29) is 79.2 Å². The zero-order chi connectivity index (χ0) is 28.7. The molecule has 216 valence electrons. The molecule has 5 rings (SSSR count). The van der Waals surface area contributed by atoms with Crippen LogP contribution in [0.1, 0.15) is 44.1 Å². The van der Waals surface area contributed by atoms with Gasteiger partial charge in [0, 0.05) is 56.3 Å². The summed E-state index contributed by atoms with van der Waals surface area (Å²) >= 11 is 6.15. The number of hydrogen-bond donors (Lipinski definition) is 1. The van der Waals surface area contributed by atoms with Crippen LogP contribution in [0, 0.1) is 11.8 Å². The molecule has 1 amide bonds. The van der Waals surface area contributed by atoms with Crippen LogP contribution in [0.2, 0.25) is 5.15 Å². The van der Waals surface area contributed by atoms with Crippen LogP contribution in [0.4, 0.5) is 20.3 Å². The highest BCUT2D eigenvalue weighted by Gasteiger charge is 2.44. The molecule has 2 aromatic rings. The smallest absolute Gasteiger partial charge is 0.306 e. The van der Waals surface area contributed by atoms with E-state index in [2.05, 4.69) is 4.98 Å². The fraction of sp³-hybridized carbons (Fsp3) is 0.519. The number of anilines is 2. The molecule has 0 unspecified atom stereocenters. The first-order valence-corrected chi connectivity index (χ1v) is 15.2. The van der Waals surface area contributed by atoms with Crippen molar-refractivity contribution in [2.75, 3.05) is 42.5 Å². The van der Waals surface area contributed by atoms with Crippen LogP contribution in [0.5, 0.6) is 0 Å². The van der Waals surface area contributed by atoms with Crippen molar-refractivity contribution in [1.82, 2.24) is 9.29 Å². The minimum absolute atomic E-state index is 0.0211. The summed E-state index contributed by atoms with van der Waals surface area (Å²) in [6.07, 6.45) is 1.88. The Bertz CT molecular complexity index is 1380. The maximum absolute atomic E-state index is 15.5. The van der Waals surface area contributed by atoms with E-state index in [9.17, 15) is 23.1 Å². The average Bonchev–Trinajstić information content (AvgIpc) is 3.38. The zero-order valence-corrected chi connectivity index (χ0v) is 23.4. The molecule has 2 aliphatic heterocycles. The highest BCUT2D eigenvalue weighted by Crippen LogP contribution is 2.46. The van der Waals surface area contributed by atoms with Crippen LogP contribution >= 0.6 is 11.6 Å². The number of hydrogen-bond acceptors (Lipinski definition) is 6. The number of alkyl halides is 2. The summed E-state index contributed by atoms with van der Waals surface area (Å²) in [5, 5.41) is 9.10. The van der Waals surface area contributed by atoms with Crippen molar-refractivity contribution < 1.29 is 31.9 Å². The highest BCUT2D eigenvalue weighted by atomic mass is 35.5. The van der Waals surface area contributed by atoms with Crippen molar-refractivity contribution in [2.45, 2.75) is 49.3 Å². The van der Waals surface area contributed by atoms with E-state index >= 15 is 8.78 Å². The number of halogens is 3. The van der Waals surface area contributed by atoms with Crippen LogP contribution < -0.4 is 9.80 Å². The molecular weight excluding hydrogens is 566 g/mol. The van der Waals surface area contributed by atoms with Gasteiger partial charge in [-0.1, -0.05) is 11.6 Å². The Morgan fingerprint density at radius 1 is 1.00 bits per heavy atom. The Kier molecular flexibility index (Phi) is 8.04. The number of carbonyl (C=O) groups is 2. The molecule has 1 aromatic carbocycles. The van der Waals surface area contributed by atoms with E-state index in [4.69, 9.17) is 11.6 Å². The number of rotatable bonds is 7. The Morgan fingerprint density at radius 3 is 2.23 bits per heavy atom. The van der Waals surface area contributed by atoms with Gasteiger partial charge < -0.3 is 14.9 Å². The van der Waals surface area contributed by atoms with Gasteiger partial charge in [-0.2, -0.15) is 4.31 Å². The van der Waals surface area contributed by atoms with Crippen LogP contribution in [-0.4, -0.2) is 67.4 Å². The van der Waals surface area contributed by atoms with E-state index < -0.39 is 33.8 Å². The third kappa shape index (κ3) is 5.66. The number of amides is 1. The predicted octanol–water partition coefficient (Wildman–Crippen LogP) is 4.36. The molecule has 0 spiro atoms. The minimum atomic E-state index is -3.79. The lowest BCUT2D eigenvalue weighted by atomic mass is 9.77. The van der Waals surface area contributed by atoms with Gasteiger partial charge in [0.15, 0.2) is 0 Å². The van der Waals surface area contributed by atoms with E-state index in [1.165, 1.54) is 22.5 Å². The molecule has 3 fully saturated rings. The molecule has 0 atom stereocenters. The normalized spacial score (nSPS) is 23.0. The maximum atomic E-state index is 15.5. The highest BCUT2D eigenvalue weighted by molar-refractivity contribution is 7.89. The number of nitrogens with zero attached hydrogens (tertiary/aromatic N) is 4. The summed E-state index contributed by atoms with van der Waals surface area (Å²) in [4.78, 5) is 30.9. The molecule has 2 saturated heterocycles. The summed E-state index contributed by atoms with van der Waals surface area (Å²) in [6.45, 7) is 1.36. The lowest BCUT2D eigenvalue weighted by molar-refractivity contribution is -0.145. The van der Waals surface area contributed by atoms with Gasteiger partial charge in [-0.25, -0.2) is 22.2 Å². The van der Waals surface area contributed by atoms with Crippen molar-refractivity contribution in [1.29, 1.82) is 0 Å². The molecule has 0 radical (unpaired) electrons. The molecule has 1 saturated carbocycles. The maximum Gasteiger partial charge on any atom is 0.306 e. The molecule has 1 aliphatic carbocycles. The molecular formula is C27H31ClF2N4O5S. The van der Waals surface area contributed by atoms with Crippen molar-refractivity contribution in [3.63, 3.8) is 0 Å². The number of aromatic nitrogens is 1. The first-order valence-electron chi connectivity index (χ1n) is 13.4. The molecule has 40 heavy (non-hydrogen) atoms. The number of piperazine rings is 1. The number of carboxylic acid groups (broad SMARTS) is 1. The second-order valence-electron chi connectivity index (χ2n) is 10.6. The van der Waals surface area contributed by atoms with E-state index in [0.29, 0.717) is 18.7 Å². The number of benzene rings is 1. The molecule has 3 aliphatic rings. The van der Waals surface area contributed by atoms with Gasteiger partial charge in [-0.15, -0.1) is 0 Å². The topological polar surface area (TPSA) is 111 Å². The summed E-state index contributed by atoms with van der Waals surface area (Å²) in [6, 6.07) is 8.72. The number of carboxylic acids is 1. The first-order chi connectivity index (χ1) is 19.0. The number of carbonyl (C=O) groups excluding carboxylic acids is 1. The molecule has 9 nitrogen and oxygen atoms in total. The van der Waals surface area contributed by atoms with E-state index in [0.717, 1.165) is 12.5 Å². The summed E-state index contributed by atoms with van der Waals surface area (Å²) in [7, 11) is -3.79. The summed E-state index contributed by atoms with van der Waals surface area (Å²) < 4.78 is 58.9. The minimum Gasteiger partial charge on any atom is -0.481 e. The average molecular weight is 597 g/mol. The fourth-order valence-electron chi connectivity index (χ4n) is 5.80. The second-order valence-corrected chi connectivity index (χ2v) is 12.9. The third-order valence-electron chi connectivity index (χ3n) is 8.18. The van der Waals surface area contributed by atoms with Gasteiger partial charge in [0.1, 0.15) is 11.0 Å². The standard InChI is InChI=1S/C27H31ClF2N4O5S/c28-23-16-20(27(29,30)19-5-3-18(4-6-19)26(36)37)17-24(31-23)32-12-14-33(15-13-32)40(38,39)22-9-7-21(8-10-22)34-11-1-2-25(34)35/h7-10,16-19H,1-6,11-15H2,(H,36,37)/t18-,19+. The zero-order valence-electron chi connectivity index (χ0n) is 21.8. The molecule has 1 N–H and O–H groups in total. The van der Waals surface area contributed by atoms with Gasteiger partial charge in [0.05, 0.1) is 10.8 Å². The molecule has 3 heterocycles. The monoisotopic (exact) mass is 596 g/mol. The van der Waals surface area contributed by atoms with E-state index in [1.54, 1.807) is 21.9 Å². The van der Waals surface area contributed by atoms with Gasteiger partial charge in [-0.05, 0) is 68.5 Å².